The molecular formula is C14H24N4O3. The Morgan fingerprint density at radius 2 is 2.24 bits per heavy atom. The van der Waals surface area contributed by atoms with E-state index in [1.165, 1.54) is 0 Å². The summed E-state index contributed by atoms with van der Waals surface area (Å²) in [5.74, 6) is -0.228. The van der Waals surface area contributed by atoms with Gasteiger partial charge in [0.2, 0.25) is 5.91 Å². The standard InChI is InChI=1S/C14H24N4O3/c1-3-6-15-11(19)9-18-7-4-5-10(8-18)14(2)12(20)16-13(21)17-14/h10H,3-9H2,1-2H3,(H,15,19)(H2,16,17,20,21)/t10-,14+/m1/s1. The largest absolute Gasteiger partial charge is 0.355 e. The molecule has 0 unspecified atom stereocenters. The highest BCUT2D eigenvalue weighted by Crippen LogP contribution is 2.29. The molecule has 21 heavy (non-hydrogen) atoms. The van der Waals surface area contributed by atoms with E-state index >= 15 is 0 Å². The molecular weight excluding hydrogens is 272 g/mol. The molecule has 4 amide bonds. The van der Waals surface area contributed by atoms with Gasteiger partial charge in [-0.3, -0.25) is 19.8 Å². The minimum atomic E-state index is -0.865. The third kappa shape index (κ3) is 3.53. The molecule has 2 rings (SSSR count). The van der Waals surface area contributed by atoms with E-state index in [-0.39, 0.29) is 17.7 Å². The predicted octanol–water partition coefficient (Wildman–Crippen LogP) is -0.177. The second-order valence-corrected chi connectivity index (χ2v) is 6.03. The fraction of sp³-hybridized carbons (Fsp3) is 0.786. The second-order valence-electron chi connectivity index (χ2n) is 6.03. The summed E-state index contributed by atoms with van der Waals surface area (Å²) in [6.07, 6.45) is 2.71. The number of rotatable bonds is 5. The molecule has 0 spiro atoms. The van der Waals surface area contributed by atoms with E-state index in [9.17, 15) is 14.4 Å². The minimum absolute atomic E-state index is 0.0163. The van der Waals surface area contributed by atoms with Crippen molar-refractivity contribution < 1.29 is 14.4 Å². The lowest BCUT2D eigenvalue weighted by Crippen LogP contribution is -2.56. The summed E-state index contributed by atoms with van der Waals surface area (Å²) in [5.41, 5.74) is -0.865. The molecule has 2 fully saturated rings. The Bertz CT molecular complexity index is 440. The van der Waals surface area contributed by atoms with Crippen molar-refractivity contribution in [3.8, 4) is 0 Å². The molecule has 2 aliphatic heterocycles. The molecule has 0 radical (unpaired) electrons. The number of nitrogens with one attached hydrogen (secondary N) is 3. The van der Waals surface area contributed by atoms with Crippen molar-refractivity contribution >= 4 is 17.8 Å². The van der Waals surface area contributed by atoms with E-state index in [2.05, 4.69) is 20.9 Å². The summed E-state index contributed by atoms with van der Waals surface area (Å²) in [6.45, 7) is 6.30. The average Bonchev–Trinajstić information content (AvgIpc) is 2.71. The van der Waals surface area contributed by atoms with E-state index in [0.29, 0.717) is 19.6 Å². The van der Waals surface area contributed by atoms with Gasteiger partial charge in [-0.25, -0.2) is 4.79 Å². The SMILES string of the molecule is CCCNC(=O)CN1CCC[C@@H]([C@]2(C)NC(=O)NC2=O)C1. The summed E-state index contributed by atoms with van der Waals surface area (Å²) in [7, 11) is 0. The number of amides is 4. The van der Waals surface area contributed by atoms with Crippen molar-refractivity contribution in [1.82, 2.24) is 20.9 Å². The molecule has 118 valence electrons. The number of hydrogen-bond donors (Lipinski definition) is 3. The molecule has 2 atom stereocenters. The van der Waals surface area contributed by atoms with Crippen molar-refractivity contribution in [2.75, 3.05) is 26.2 Å². The maximum absolute atomic E-state index is 12.0. The third-order valence-electron chi connectivity index (χ3n) is 4.33. The zero-order valence-electron chi connectivity index (χ0n) is 12.7. The topological polar surface area (TPSA) is 90.5 Å². The molecule has 0 bridgehead atoms. The van der Waals surface area contributed by atoms with Crippen LogP contribution in [0.15, 0.2) is 0 Å². The molecule has 3 N–H and O–H groups in total. The van der Waals surface area contributed by atoms with Gasteiger partial charge in [-0.2, -0.15) is 0 Å². The van der Waals surface area contributed by atoms with Gasteiger partial charge in [-0.05, 0) is 32.7 Å². The number of nitrogens with zero attached hydrogens (tertiary/aromatic N) is 1. The highest BCUT2D eigenvalue weighted by atomic mass is 16.2. The Kier molecular flexibility index (Phi) is 4.82. The fourth-order valence-electron chi connectivity index (χ4n) is 3.04. The fourth-order valence-corrected chi connectivity index (χ4v) is 3.04. The predicted molar refractivity (Wildman–Crippen MR) is 77.5 cm³/mol. The van der Waals surface area contributed by atoms with Crippen LogP contribution in [0.1, 0.15) is 33.1 Å². The molecule has 0 aromatic carbocycles. The summed E-state index contributed by atoms with van der Waals surface area (Å²) < 4.78 is 0. The first-order chi connectivity index (χ1) is 9.95. The van der Waals surface area contributed by atoms with Crippen LogP contribution in [-0.4, -0.2) is 54.5 Å². The van der Waals surface area contributed by atoms with E-state index in [0.717, 1.165) is 25.8 Å². The highest BCUT2D eigenvalue weighted by Gasteiger charge is 2.48. The van der Waals surface area contributed by atoms with Crippen LogP contribution in [-0.2, 0) is 9.59 Å². The van der Waals surface area contributed by atoms with E-state index in [1.54, 1.807) is 6.92 Å². The maximum Gasteiger partial charge on any atom is 0.322 e. The van der Waals surface area contributed by atoms with Crippen molar-refractivity contribution in [1.29, 1.82) is 0 Å². The Morgan fingerprint density at radius 3 is 2.86 bits per heavy atom. The molecule has 0 aromatic rings. The monoisotopic (exact) mass is 296 g/mol. The molecule has 7 nitrogen and oxygen atoms in total. The second kappa shape index (κ2) is 6.43. The Balaban J connectivity index is 1.93. The molecule has 0 saturated carbocycles. The van der Waals surface area contributed by atoms with Crippen molar-refractivity contribution in [2.45, 2.75) is 38.6 Å². The molecule has 2 heterocycles. The zero-order chi connectivity index (χ0) is 15.5. The lowest BCUT2D eigenvalue weighted by atomic mass is 9.80. The van der Waals surface area contributed by atoms with Crippen LogP contribution < -0.4 is 16.0 Å². The quantitative estimate of drug-likeness (QED) is 0.614. The van der Waals surface area contributed by atoms with Gasteiger partial charge in [-0.1, -0.05) is 6.92 Å². The van der Waals surface area contributed by atoms with Gasteiger partial charge >= 0.3 is 6.03 Å². The van der Waals surface area contributed by atoms with Crippen molar-refractivity contribution in [3.05, 3.63) is 0 Å². The van der Waals surface area contributed by atoms with Gasteiger partial charge in [-0.15, -0.1) is 0 Å². The first kappa shape index (κ1) is 15.8. The minimum Gasteiger partial charge on any atom is -0.355 e. The zero-order valence-corrected chi connectivity index (χ0v) is 12.7. The summed E-state index contributed by atoms with van der Waals surface area (Å²) >= 11 is 0. The third-order valence-corrected chi connectivity index (χ3v) is 4.33. The van der Waals surface area contributed by atoms with Gasteiger partial charge in [0, 0.05) is 19.0 Å². The van der Waals surface area contributed by atoms with Crippen LogP contribution in [0.5, 0.6) is 0 Å². The van der Waals surface area contributed by atoms with Crippen molar-refractivity contribution in [2.24, 2.45) is 5.92 Å². The molecule has 7 heteroatoms. The van der Waals surface area contributed by atoms with Crippen LogP contribution in [0.2, 0.25) is 0 Å². The number of carbonyl (C=O) groups excluding carboxylic acids is 3. The van der Waals surface area contributed by atoms with Gasteiger partial charge in [0.1, 0.15) is 5.54 Å². The molecule has 0 aliphatic carbocycles. The number of urea groups is 1. The van der Waals surface area contributed by atoms with Gasteiger partial charge in [0.25, 0.3) is 5.91 Å². The lowest BCUT2D eigenvalue weighted by molar-refractivity contribution is -0.126. The Morgan fingerprint density at radius 1 is 1.48 bits per heavy atom. The van der Waals surface area contributed by atoms with Crippen LogP contribution in [0.3, 0.4) is 0 Å². The van der Waals surface area contributed by atoms with E-state index in [4.69, 9.17) is 0 Å². The first-order valence-electron chi connectivity index (χ1n) is 7.58. The maximum atomic E-state index is 12.0. The van der Waals surface area contributed by atoms with Gasteiger partial charge in [0.05, 0.1) is 6.54 Å². The number of piperidine rings is 1. The number of carbonyl (C=O) groups is 3. The van der Waals surface area contributed by atoms with Gasteiger partial charge in [0.15, 0.2) is 0 Å². The van der Waals surface area contributed by atoms with Crippen LogP contribution in [0, 0.1) is 5.92 Å². The van der Waals surface area contributed by atoms with Crippen LogP contribution in [0.4, 0.5) is 4.79 Å². The molecule has 2 aliphatic rings. The highest BCUT2D eigenvalue weighted by molar-refractivity contribution is 6.07. The summed E-state index contributed by atoms with van der Waals surface area (Å²) in [6, 6.07) is -0.430. The molecule has 2 saturated heterocycles. The van der Waals surface area contributed by atoms with Crippen LogP contribution in [0.25, 0.3) is 0 Å². The van der Waals surface area contributed by atoms with Crippen molar-refractivity contribution in [3.63, 3.8) is 0 Å². The van der Waals surface area contributed by atoms with E-state index in [1.807, 2.05) is 6.92 Å². The van der Waals surface area contributed by atoms with Crippen LogP contribution >= 0.6 is 0 Å². The molecule has 0 aromatic heterocycles. The Labute approximate surface area is 124 Å². The smallest absolute Gasteiger partial charge is 0.322 e. The number of likely N-dealkylation sites (tertiary alicyclic amines) is 1. The summed E-state index contributed by atoms with van der Waals surface area (Å²) in [4.78, 5) is 37.2. The normalized spacial score (nSPS) is 29.9. The number of hydrogen-bond acceptors (Lipinski definition) is 4. The lowest BCUT2D eigenvalue weighted by Gasteiger charge is -2.39. The van der Waals surface area contributed by atoms with Gasteiger partial charge < -0.3 is 10.6 Å². The van der Waals surface area contributed by atoms with E-state index < -0.39 is 11.6 Å². The Hall–Kier alpha value is -1.63. The first-order valence-corrected chi connectivity index (χ1v) is 7.58. The average molecular weight is 296 g/mol. The number of imide groups is 1. The summed E-state index contributed by atoms with van der Waals surface area (Å²) in [5, 5.41) is 7.89.